The highest BCUT2D eigenvalue weighted by atomic mass is 35.5. The molecule has 7 heteroatoms. The van der Waals surface area contributed by atoms with Crippen LogP contribution in [0.2, 0.25) is 5.02 Å². The Morgan fingerprint density at radius 2 is 1.62 bits per heavy atom. The van der Waals surface area contributed by atoms with E-state index >= 15 is 0 Å². The fourth-order valence-corrected chi connectivity index (χ4v) is 3.35. The van der Waals surface area contributed by atoms with Crippen molar-refractivity contribution in [2.75, 3.05) is 19.5 Å². The molecule has 2 amide bonds. The zero-order chi connectivity index (χ0) is 21.0. The van der Waals surface area contributed by atoms with Gasteiger partial charge in [0.05, 0.1) is 14.2 Å². The number of amides is 2. The number of nitrogens with zero attached hydrogens (tertiary/aromatic N) is 1. The first kappa shape index (κ1) is 20.6. The molecule has 152 valence electrons. The Balaban J connectivity index is 1.70. The number of aromatic nitrogens is 1. The molecule has 0 radical (unpaired) electrons. The number of aryl methyl sites for hydroxylation is 1. The molecule has 0 bridgehead atoms. The summed E-state index contributed by atoms with van der Waals surface area (Å²) < 4.78 is 12.6. The number of urea groups is 1. The Morgan fingerprint density at radius 1 is 1.00 bits per heavy atom. The average molecular weight is 414 g/mol. The maximum Gasteiger partial charge on any atom is 0.319 e. The van der Waals surface area contributed by atoms with E-state index in [4.69, 9.17) is 21.1 Å². The lowest BCUT2D eigenvalue weighted by atomic mass is 10.2. The predicted molar refractivity (Wildman–Crippen MR) is 116 cm³/mol. The number of carbonyl (C=O) groups excluding carboxylic acids is 1. The molecule has 3 rings (SSSR count). The monoisotopic (exact) mass is 413 g/mol. The molecule has 0 saturated heterocycles. The lowest BCUT2D eigenvalue weighted by Gasteiger charge is -2.12. The summed E-state index contributed by atoms with van der Waals surface area (Å²) >= 11 is 5.99. The highest BCUT2D eigenvalue weighted by Gasteiger charge is 2.12. The fourth-order valence-electron chi connectivity index (χ4n) is 3.23. The molecule has 0 saturated carbocycles. The van der Waals surface area contributed by atoms with Crippen LogP contribution in [0.5, 0.6) is 11.5 Å². The number of rotatable bonds is 6. The van der Waals surface area contributed by atoms with E-state index in [2.05, 4.69) is 21.3 Å². The number of carbonyl (C=O) groups is 1. The SMILES string of the molecule is COc1cc(NC(=O)NCc2cc(C)n(-c3ccc(Cl)cc3)c2C)cc(OC)c1. The van der Waals surface area contributed by atoms with E-state index in [-0.39, 0.29) is 6.03 Å². The molecule has 0 fully saturated rings. The number of benzene rings is 2. The molecule has 0 atom stereocenters. The third-order valence-corrected chi connectivity index (χ3v) is 4.92. The minimum absolute atomic E-state index is 0.309. The Morgan fingerprint density at radius 3 is 2.21 bits per heavy atom. The van der Waals surface area contributed by atoms with Crippen LogP contribution < -0.4 is 20.1 Å². The molecule has 1 heterocycles. The highest BCUT2D eigenvalue weighted by molar-refractivity contribution is 6.30. The Hall–Kier alpha value is -3.12. The number of hydrogen-bond donors (Lipinski definition) is 2. The van der Waals surface area contributed by atoms with Crippen molar-refractivity contribution in [3.63, 3.8) is 0 Å². The lowest BCUT2D eigenvalue weighted by molar-refractivity contribution is 0.251. The minimum Gasteiger partial charge on any atom is -0.497 e. The van der Waals surface area contributed by atoms with E-state index in [0.717, 1.165) is 22.6 Å². The van der Waals surface area contributed by atoms with Crippen molar-refractivity contribution in [2.45, 2.75) is 20.4 Å². The van der Waals surface area contributed by atoms with Gasteiger partial charge in [-0.2, -0.15) is 0 Å². The molecule has 0 aliphatic heterocycles. The maximum absolute atomic E-state index is 12.4. The van der Waals surface area contributed by atoms with Crippen LogP contribution in [0.1, 0.15) is 17.0 Å². The zero-order valence-electron chi connectivity index (χ0n) is 16.9. The average Bonchev–Trinajstić information content (AvgIpc) is 3.00. The third kappa shape index (κ3) is 4.84. The second-order valence-corrected chi connectivity index (χ2v) is 7.05. The fraction of sp³-hybridized carbons (Fsp3) is 0.227. The van der Waals surface area contributed by atoms with Gasteiger partial charge < -0.3 is 24.7 Å². The second kappa shape index (κ2) is 8.92. The van der Waals surface area contributed by atoms with Gasteiger partial charge in [0.2, 0.25) is 0 Å². The molecule has 29 heavy (non-hydrogen) atoms. The van der Waals surface area contributed by atoms with Crippen LogP contribution in [0, 0.1) is 13.8 Å². The highest BCUT2D eigenvalue weighted by Crippen LogP contribution is 2.26. The summed E-state index contributed by atoms with van der Waals surface area (Å²) in [5, 5.41) is 6.41. The van der Waals surface area contributed by atoms with Crippen LogP contribution in [-0.4, -0.2) is 24.8 Å². The van der Waals surface area contributed by atoms with Crippen molar-refractivity contribution >= 4 is 23.3 Å². The summed E-state index contributed by atoms with van der Waals surface area (Å²) in [5.41, 5.74) is 4.80. The van der Waals surface area contributed by atoms with Gasteiger partial charge in [0.15, 0.2) is 0 Å². The van der Waals surface area contributed by atoms with E-state index in [0.29, 0.717) is 28.8 Å². The van der Waals surface area contributed by atoms with Crippen LogP contribution in [0.4, 0.5) is 10.5 Å². The van der Waals surface area contributed by atoms with Crippen molar-refractivity contribution in [3.8, 4) is 17.2 Å². The minimum atomic E-state index is -0.309. The molecule has 6 nitrogen and oxygen atoms in total. The van der Waals surface area contributed by atoms with E-state index in [1.165, 1.54) is 0 Å². The van der Waals surface area contributed by atoms with Gasteiger partial charge in [0.25, 0.3) is 0 Å². The Labute approximate surface area is 175 Å². The zero-order valence-corrected chi connectivity index (χ0v) is 17.6. The largest absolute Gasteiger partial charge is 0.497 e. The number of nitrogens with one attached hydrogen (secondary N) is 2. The lowest BCUT2D eigenvalue weighted by Crippen LogP contribution is -2.28. The molecule has 0 aliphatic carbocycles. The summed E-state index contributed by atoms with van der Waals surface area (Å²) in [5.74, 6) is 1.21. The number of halogens is 1. The molecular weight excluding hydrogens is 390 g/mol. The van der Waals surface area contributed by atoms with Gasteiger partial charge in [0.1, 0.15) is 11.5 Å². The van der Waals surface area contributed by atoms with Crippen molar-refractivity contribution in [1.82, 2.24) is 9.88 Å². The number of hydrogen-bond acceptors (Lipinski definition) is 3. The first-order valence-corrected chi connectivity index (χ1v) is 9.50. The van der Waals surface area contributed by atoms with Gasteiger partial charge in [-0.3, -0.25) is 0 Å². The van der Waals surface area contributed by atoms with Crippen LogP contribution in [0.25, 0.3) is 5.69 Å². The van der Waals surface area contributed by atoms with Crippen LogP contribution in [0.15, 0.2) is 48.5 Å². The van der Waals surface area contributed by atoms with E-state index in [1.807, 2.05) is 38.1 Å². The smallest absolute Gasteiger partial charge is 0.319 e. The van der Waals surface area contributed by atoms with Gasteiger partial charge >= 0.3 is 6.03 Å². The predicted octanol–water partition coefficient (Wildman–Crippen LogP) is 5.09. The summed E-state index contributed by atoms with van der Waals surface area (Å²) in [6.07, 6.45) is 0. The van der Waals surface area contributed by atoms with Gasteiger partial charge in [-0.15, -0.1) is 0 Å². The maximum atomic E-state index is 12.4. The topological polar surface area (TPSA) is 64.5 Å². The van der Waals surface area contributed by atoms with E-state index in [1.54, 1.807) is 32.4 Å². The van der Waals surface area contributed by atoms with Gasteiger partial charge in [-0.05, 0) is 49.7 Å². The number of anilines is 1. The molecule has 0 aliphatic rings. The Bertz CT molecular complexity index is 991. The summed E-state index contributed by atoms with van der Waals surface area (Å²) in [6, 6.07) is 14.6. The van der Waals surface area contributed by atoms with Gasteiger partial charge in [0, 0.05) is 52.5 Å². The molecular formula is C22H24ClN3O3. The first-order chi connectivity index (χ1) is 13.9. The summed E-state index contributed by atoms with van der Waals surface area (Å²) in [4.78, 5) is 12.4. The van der Waals surface area contributed by atoms with Gasteiger partial charge in [-0.1, -0.05) is 11.6 Å². The molecule has 0 spiro atoms. The molecule has 0 unspecified atom stereocenters. The summed E-state index contributed by atoms with van der Waals surface area (Å²) in [6.45, 7) is 4.47. The molecule has 1 aromatic heterocycles. The van der Waals surface area contributed by atoms with Crippen molar-refractivity contribution < 1.29 is 14.3 Å². The van der Waals surface area contributed by atoms with Crippen molar-refractivity contribution in [3.05, 3.63) is 70.5 Å². The molecule has 2 aromatic carbocycles. The molecule has 2 N–H and O–H groups in total. The number of ether oxygens (including phenoxy) is 2. The van der Waals surface area contributed by atoms with E-state index in [9.17, 15) is 4.79 Å². The van der Waals surface area contributed by atoms with Crippen molar-refractivity contribution in [1.29, 1.82) is 0 Å². The van der Waals surface area contributed by atoms with Gasteiger partial charge in [-0.25, -0.2) is 4.79 Å². The quantitative estimate of drug-likeness (QED) is 0.591. The van der Waals surface area contributed by atoms with Crippen molar-refractivity contribution in [2.24, 2.45) is 0 Å². The second-order valence-electron chi connectivity index (χ2n) is 6.62. The standard InChI is InChI=1S/C22H24ClN3O3/c1-14-9-16(15(2)26(14)19-7-5-17(23)6-8-19)13-24-22(27)25-18-10-20(28-3)12-21(11-18)29-4/h5-12H,13H2,1-4H3,(H2,24,25,27). The Kier molecular flexibility index (Phi) is 6.34. The van der Waals surface area contributed by atoms with Crippen LogP contribution >= 0.6 is 11.6 Å². The molecule has 3 aromatic rings. The van der Waals surface area contributed by atoms with Crippen LogP contribution in [0.3, 0.4) is 0 Å². The number of methoxy groups -OCH3 is 2. The summed E-state index contributed by atoms with van der Waals surface area (Å²) in [7, 11) is 3.13. The van der Waals surface area contributed by atoms with Crippen LogP contribution in [-0.2, 0) is 6.54 Å². The first-order valence-electron chi connectivity index (χ1n) is 9.13. The third-order valence-electron chi connectivity index (χ3n) is 4.67. The normalized spacial score (nSPS) is 10.5. The van der Waals surface area contributed by atoms with E-state index < -0.39 is 0 Å².